The fourth-order valence-electron chi connectivity index (χ4n) is 2.44. The standard InChI is InChI=1S/C17H18ClN3O2/c18-14-4-1-13(2-5-14)3-6-17(23)21-11-8-15(9-12-21)20-16(22)7-10-19/h1-6,15H,7-9,11-12H2,(H,20,22)/b6-3+. The second-order valence-corrected chi connectivity index (χ2v) is 5.82. The van der Waals surface area contributed by atoms with Gasteiger partial charge in [0.25, 0.3) is 0 Å². The van der Waals surface area contributed by atoms with Crippen molar-refractivity contribution < 1.29 is 9.59 Å². The van der Waals surface area contributed by atoms with Crippen molar-refractivity contribution in [2.24, 2.45) is 0 Å². The molecular formula is C17H18ClN3O2. The molecule has 1 aromatic rings. The number of hydrogen-bond acceptors (Lipinski definition) is 3. The van der Waals surface area contributed by atoms with Crippen molar-refractivity contribution in [3.05, 3.63) is 40.9 Å². The summed E-state index contributed by atoms with van der Waals surface area (Å²) in [5.41, 5.74) is 0.918. The maximum atomic E-state index is 12.2. The molecule has 1 saturated heterocycles. The van der Waals surface area contributed by atoms with E-state index in [-0.39, 0.29) is 24.3 Å². The van der Waals surface area contributed by atoms with Gasteiger partial charge in [-0.05, 0) is 36.6 Å². The van der Waals surface area contributed by atoms with E-state index in [1.54, 1.807) is 29.2 Å². The maximum absolute atomic E-state index is 12.2. The molecule has 0 atom stereocenters. The molecule has 1 aliphatic rings. The summed E-state index contributed by atoms with van der Waals surface area (Å²) in [5, 5.41) is 11.9. The zero-order valence-electron chi connectivity index (χ0n) is 12.7. The highest BCUT2D eigenvalue weighted by Crippen LogP contribution is 2.13. The van der Waals surface area contributed by atoms with Crippen LogP contribution >= 0.6 is 11.6 Å². The predicted molar refractivity (Wildman–Crippen MR) is 88.5 cm³/mol. The van der Waals surface area contributed by atoms with Crippen LogP contribution in [0.3, 0.4) is 0 Å². The minimum Gasteiger partial charge on any atom is -0.352 e. The molecule has 1 aliphatic heterocycles. The Kier molecular flexibility index (Phi) is 6.19. The van der Waals surface area contributed by atoms with Gasteiger partial charge in [0, 0.05) is 30.2 Å². The highest BCUT2D eigenvalue weighted by molar-refractivity contribution is 6.30. The van der Waals surface area contributed by atoms with Crippen LogP contribution < -0.4 is 5.32 Å². The Labute approximate surface area is 140 Å². The molecule has 0 aliphatic carbocycles. The third-order valence-electron chi connectivity index (χ3n) is 3.70. The largest absolute Gasteiger partial charge is 0.352 e. The lowest BCUT2D eigenvalue weighted by molar-refractivity contribution is -0.127. The number of carbonyl (C=O) groups excluding carboxylic acids is 2. The normalized spacial score (nSPS) is 15.4. The van der Waals surface area contributed by atoms with E-state index < -0.39 is 0 Å². The van der Waals surface area contributed by atoms with Gasteiger partial charge in [-0.2, -0.15) is 5.26 Å². The summed E-state index contributed by atoms with van der Waals surface area (Å²) >= 11 is 5.82. The number of piperidine rings is 1. The van der Waals surface area contributed by atoms with E-state index in [2.05, 4.69) is 5.32 Å². The van der Waals surface area contributed by atoms with Gasteiger partial charge in [-0.15, -0.1) is 0 Å². The Bertz CT molecular complexity index is 626. The third-order valence-corrected chi connectivity index (χ3v) is 3.95. The van der Waals surface area contributed by atoms with Gasteiger partial charge in [0.15, 0.2) is 0 Å². The molecule has 0 saturated carbocycles. The van der Waals surface area contributed by atoms with E-state index in [9.17, 15) is 9.59 Å². The molecule has 23 heavy (non-hydrogen) atoms. The molecule has 5 nitrogen and oxygen atoms in total. The second-order valence-electron chi connectivity index (χ2n) is 5.39. The Morgan fingerprint density at radius 3 is 2.57 bits per heavy atom. The van der Waals surface area contributed by atoms with Gasteiger partial charge in [0.2, 0.25) is 11.8 Å². The molecule has 1 N–H and O–H groups in total. The zero-order valence-corrected chi connectivity index (χ0v) is 13.4. The van der Waals surface area contributed by atoms with Crippen molar-refractivity contribution in [2.45, 2.75) is 25.3 Å². The number of likely N-dealkylation sites (tertiary alicyclic amines) is 1. The number of carbonyl (C=O) groups is 2. The summed E-state index contributed by atoms with van der Waals surface area (Å²) in [6.07, 6.45) is 4.61. The lowest BCUT2D eigenvalue weighted by Crippen LogP contribution is -2.46. The SMILES string of the molecule is N#CCC(=O)NC1CCN(C(=O)/C=C/c2ccc(Cl)cc2)CC1. The quantitative estimate of drug-likeness (QED) is 0.861. The first-order chi connectivity index (χ1) is 11.1. The number of halogens is 1. The Morgan fingerprint density at radius 1 is 1.30 bits per heavy atom. The van der Waals surface area contributed by atoms with Crippen molar-refractivity contribution in [3.63, 3.8) is 0 Å². The van der Waals surface area contributed by atoms with Gasteiger partial charge in [-0.3, -0.25) is 9.59 Å². The smallest absolute Gasteiger partial charge is 0.246 e. The number of amides is 2. The van der Waals surface area contributed by atoms with E-state index in [4.69, 9.17) is 16.9 Å². The second kappa shape index (κ2) is 8.35. The molecule has 1 aromatic carbocycles. The van der Waals surface area contributed by atoms with Gasteiger partial charge in [-0.1, -0.05) is 23.7 Å². The number of nitriles is 1. The Hall–Kier alpha value is -2.32. The molecule has 120 valence electrons. The third kappa shape index (κ3) is 5.42. The van der Waals surface area contributed by atoms with Crippen LogP contribution in [0.2, 0.25) is 5.02 Å². The summed E-state index contributed by atoms with van der Waals surface area (Å²) < 4.78 is 0. The number of rotatable bonds is 4. The van der Waals surface area contributed by atoms with Crippen LogP contribution in [-0.4, -0.2) is 35.8 Å². The number of nitrogens with one attached hydrogen (secondary N) is 1. The van der Waals surface area contributed by atoms with E-state index >= 15 is 0 Å². The van der Waals surface area contributed by atoms with E-state index in [0.29, 0.717) is 31.0 Å². The highest BCUT2D eigenvalue weighted by atomic mass is 35.5. The maximum Gasteiger partial charge on any atom is 0.246 e. The van der Waals surface area contributed by atoms with Gasteiger partial charge < -0.3 is 10.2 Å². The molecule has 2 rings (SSSR count). The van der Waals surface area contributed by atoms with Crippen molar-refractivity contribution in [2.75, 3.05) is 13.1 Å². The van der Waals surface area contributed by atoms with Crippen LogP contribution in [0.15, 0.2) is 30.3 Å². The van der Waals surface area contributed by atoms with Crippen molar-refractivity contribution >= 4 is 29.5 Å². The first-order valence-corrected chi connectivity index (χ1v) is 7.85. The first-order valence-electron chi connectivity index (χ1n) is 7.47. The lowest BCUT2D eigenvalue weighted by Gasteiger charge is -2.31. The molecule has 0 unspecified atom stereocenters. The van der Waals surface area contributed by atoms with Crippen molar-refractivity contribution in [3.8, 4) is 6.07 Å². The summed E-state index contributed by atoms with van der Waals surface area (Å²) in [6.45, 7) is 1.20. The molecule has 0 bridgehead atoms. The Morgan fingerprint density at radius 2 is 1.96 bits per heavy atom. The van der Waals surface area contributed by atoms with Gasteiger partial charge in [0.05, 0.1) is 6.07 Å². The summed E-state index contributed by atoms with van der Waals surface area (Å²) in [4.78, 5) is 25.3. The zero-order chi connectivity index (χ0) is 16.7. The van der Waals surface area contributed by atoms with Crippen LogP contribution in [0, 0.1) is 11.3 Å². The van der Waals surface area contributed by atoms with E-state index in [0.717, 1.165) is 5.56 Å². The van der Waals surface area contributed by atoms with E-state index in [1.165, 1.54) is 0 Å². The van der Waals surface area contributed by atoms with Gasteiger partial charge >= 0.3 is 0 Å². The summed E-state index contributed by atoms with van der Waals surface area (Å²) in [7, 11) is 0. The average molecular weight is 332 g/mol. The first kappa shape index (κ1) is 17.0. The molecule has 1 fully saturated rings. The average Bonchev–Trinajstić information content (AvgIpc) is 2.55. The number of hydrogen-bond donors (Lipinski definition) is 1. The van der Waals surface area contributed by atoms with Gasteiger partial charge in [0.1, 0.15) is 6.42 Å². The molecule has 2 amide bonds. The van der Waals surface area contributed by atoms with Crippen LogP contribution in [-0.2, 0) is 9.59 Å². The van der Waals surface area contributed by atoms with Crippen molar-refractivity contribution in [1.29, 1.82) is 5.26 Å². The minimum absolute atomic E-state index is 0.0400. The van der Waals surface area contributed by atoms with Crippen LogP contribution in [0.25, 0.3) is 6.08 Å². The van der Waals surface area contributed by atoms with Crippen LogP contribution in [0.4, 0.5) is 0 Å². The lowest BCUT2D eigenvalue weighted by atomic mass is 10.0. The summed E-state index contributed by atoms with van der Waals surface area (Å²) in [6, 6.07) is 9.13. The molecule has 0 spiro atoms. The molecular weight excluding hydrogens is 314 g/mol. The minimum atomic E-state index is -0.250. The fraction of sp³-hybridized carbons (Fsp3) is 0.353. The van der Waals surface area contributed by atoms with Crippen molar-refractivity contribution in [1.82, 2.24) is 10.2 Å². The molecule has 6 heteroatoms. The van der Waals surface area contributed by atoms with Crippen LogP contribution in [0.1, 0.15) is 24.8 Å². The molecule has 1 heterocycles. The Balaban J connectivity index is 1.80. The molecule has 0 aromatic heterocycles. The number of nitrogens with zero attached hydrogens (tertiary/aromatic N) is 2. The topological polar surface area (TPSA) is 73.2 Å². The monoisotopic (exact) mass is 331 g/mol. The number of benzene rings is 1. The van der Waals surface area contributed by atoms with Crippen LogP contribution in [0.5, 0.6) is 0 Å². The predicted octanol–water partition coefficient (Wildman–Crippen LogP) is 2.37. The fourth-order valence-corrected chi connectivity index (χ4v) is 2.57. The highest BCUT2D eigenvalue weighted by Gasteiger charge is 2.22. The van der Waals surface area contributed by atoms with Gasteiger partial charge in [-0.25, -0.2) is 0 Å². The summed E-state index contributed by atoms with van der Waals surface area (Å²) in [5.74, 6) is -0.290. The molecule has 0 radical (unpaired) electrons. The van der Waals surface area contributed by atoms with E-state index in [1.807, 2.05) is 18.2 Å².